The van der Waals surface area contributed by atoms with Gasteiger partial charge in [0.25, 0.3) is 15.9 Å². The lowest BCUT2D eigenvalue weighted by Gasteiger charge is -2.22. The van der Waals surface area contributed by atoms with Crippen LogP contribution in [0.25, 0.3) is 10.2 Å². The summed E-state index contributed by atoms with van der Waals surface area (Å²) in [5, 5.41) is 0.249. The Labute approximate surface area is 236 Å². The molecule has 1 aliphatic heterocycles. The van der Waals surface area contributed by atoms with Gasteiger partial charge in [-0.1, -0.05) is 29.5 Å². The lowest BCUT2D eigenvalue weighted by atomic mass is 10.2. The highest BCUT2D eigenvalue weighted by Gasteiger charge is 2.31. The quantitative estimate of drug-likeness (QED) is 0.276. The highest BCUT2D eigenvalue weighted by atomic mass is 35.5. The molecule has 7 nitrogen and oxygen atoms in total. The van der Waals surface area contributed by atoms with E-state index in [9.17, 15) is 22.0 Å². The van der Waals surface area contributed by atoms with E-state index in [1.807, 2.05) is 37.2 Å². The fraction of sp³-hybridized carbons (Fsp3) is 0.259. The molecule has 3 aromatic carbocycles. The molecular weight excluding hydrogens is 566 g/mol. The third kappa shape index (κ3) is 5.76. The second-order valence-electron chi connectivity index (χ2n) is 9.32. The zero-order chi connectivity index (χ0) is 27.0. The van der Waals surface area contributed by atoms with Crippen molar-refractivity contribution in [3.05, 3.63) is 83.4 Å². The van der Waals surface area contributed by atoms with Crippen molar-refractivity contribution >= 4 is 60.7 Å². The number of para-hydroxylation sites is 1. The fourth-order valence-corrected chi connectivity index (χ4v) is 7.03. The molecule has 39 heavy (non-hydrogen) atoms. The largest absolute Gasteiger partial charge is 0.309 e. The van der Waals surface area contributed by atoms with Crippen LogP contribution in [0.1, 0.15) is 22.3 Å². The van der Waals surface area contributed by atoms with Gasteiger partial charge in [0.1, 0.15) is 11.3 Å². The van der Waals surface area contributed by atoms with E-state index >= 15 is 0 Å². The van der Waals surface area contributed by atoms with E-state index in [-0.39, 0.29) is 33.5 Å². The predicted octanol–water partition coefficient (Wildman–Crippen LogP) is 5.35. The number of rotatable bonds is 8. The first kappa shape index (κ1) is 28.9. The molecule has 2 heterocycles. The number of hydrogen-bond acceptors (Lipinski definition) is 6. The van der Waals surface area contributed by atoms with E-state index in [4.69, 9.17) is 0 Å². The Bertz CT molecular complexity index is 1610. The summed E-state index contributed by atoms with van der Waals surface area (Å²) in [7, 11) is 0.0318. The molecule has 1 aliphatic rings. The van der Waals surface area contributed by atoms with Gasteiger partial charge in [-0.25, -0.2) is 22.2 Å². The first-order valence-electron chi connectivity index (χ1n) is 12.1. The lowest BCUT2D eigenvalue weighted by Crippen LogP contribution is -2.33. The third-order valence-electron chi connectivity index (χ3n) is 6.40. The third-order valence-corrected chi connectivity index (χ3v) is 9.25. The Morgan fingerprint density at radius 3 is 2.49 bits per heavy atom. The van der Waals surface area contributed by atoms with Gasteiger partial charge in [-0.3, -0.25) is 14.0 Å². The average molecular weight is 593 g/mol. The van der Waals surface area contributed by atoms with Crippen LogP contribution in [0.3, 0.4) is 0 Å². The van der Waals surface area contributed by atoms with Gasteiger partial charge in [0.2, 0.25) is 0 Å². The van der Waals surface area contributed by atoms with Gasteiger partial charge in [0, 0.05) is 24.7 Å². The summed E-state index contributed by atoms with van der Waals surface area (Å²) in [5.74, 6) is -1.91. The summed E-state index contributed by atoms with van der Waals surface area (Å²) in [4.78, 5) is 21.4. The van der Waals surface area contributed by atoms with E-state index in [1.165, 1.54) is 39.5 Å². The number of anilines is 2. The van der Waals surface area contributed by atoms with Crippen molar-refractivity contribution in [2.45, 2.75) is 17.7 Å². The average Bonchev–Trinajstić information content (AvgIpc) is 3.51. The van der Waals surface area contributed by atoms with Crippen LogP contribution >= 0.6 is 23.7 Å². The van der Waals surface area contributed by atoms with E-state index in [1.54, 1.807) is 6.07 Å². The van der Waals surface area contributed by atoms with Gasteiger partial charge in [-0.15, -0.1) is 12.4 Å². The minimum Gasteiger partial charge on any atom is -0.309 e. The summed E-state index contributed by atoms with van der Waals surface area (Å²) in [5.41, 5.74) is 1.91. The number of sulfonamides is 1. The van der Waals surface area contributed by atoms with Crippen LogP contribution in [-0.4, -0.2) is 57.9 Å². The fourth-order valence-electron chi connectivity index (χ4n) is 4.50. The van der Waals surface area contributed by atoms with Crippen LogP contribution in [-0.2, 0) is 16.4 Å². The van der Waals surface area contributed by atoms with Gasteiger partial charge in [0.15, 0.2) is 10.9 Å². The molecule has 0 radical (unpaired) electrons. The summed E-state index contributed by atoms with van der Waals surface area (Å²) >= 11 is 1.03. The predicted molar refractivity (Wildman–Crippen MR) is 153 cm³/mol. The molecule has 0 aliphatic carbocycles. The van der Waals surface area contributed by atoms with Crippen molar-refractivity contribution in [3.8, 4) is 0 Å². The van der Waals surface area contributed by atoms with E-state index in [2.05, 4.69) is 4.98 Å². The SMILES string of the molecule is CN(C)CCCN(C(=O)c1ccc(S(=O)(=O)N2CCc3ccccc32)cc1)c1nc2c(F)cc(F)cc2s1.Cl. The van der Waals surface area contributed by atoms with Crippen LogP contribution < -0.4 is 9.21 Å². The number of fused-ring (bicyclic) bond motifs is 2. The van der Waals surface area contributed by atoms with Crippen molar-refractivity contribution in [3.63, 3.8) is 0 Å². The molecule has 0 N–H and O–H groups in total. The number of amides is 1. The number of aromatic nitrogens is 1. The monoisotopic (exact) mass is 592 g/mol. The van der Waals surface area contributed by atoms with Gasteiger partial charge in [0.05, 0.1) is 15.3 Å². The molecular formula is C27H27ClF2N4O3S2. The summed E-state index contributed by atoms with van der Waals surface area (Å²) in [6.07, 6.45) is 1.26. The van der Waals surface area contributed by atoms with Crippen LogP contribution in [0.15, 0.2) is 65.6 Å². The zero-order valence-electron chi connectivity index (χ0n) is 21.3. The number of carbonyl (C=O) groups excluding carboxylic acids is 1. The van der Waals surface area contributed by atoms with Crippen LogP contribution in [0.2, 0.25) is 0 Å². The second kappa shape index (κ2) is 11.5. The minimum absolute atomic E-state index is 0. The first-order valence-corrected chi connectivity index (χ1v) is 14.3. The number of nitrogens with zero attached hydrogens (tertiary/aromatic N) is 4. The smallest absolute Gasteiger partial charge is 0.264 e. The van der Waals surface area contributed by atoms with Crippen LogP contribution in [0.4, 0.5) is 19.6 Å². The maximum atomic E-state index is 14.3. The Morgan fingerprint density at radius 2 is 1.77 bits per heavy atom. The Kier molecular flexibility index (Phi) is 8.55. The number of halogens is 3. The molecule has 0 saturated heterocycles. The minimum atomic E-state index is -3.80. The Hall–Kier alpha value is -3.12. The highest BCUT2D eigenvalue weighted by Crippen LogP contribution is 2.34. The first-order chi connectivity index (χ1) is 18.1. The number of benzene rings is 3. The topological polar surface area (TPSA) is 73.8 Å². The van der Waals surface area contributed by atoms with Crippen molar-refractivity contribution in [2.75, 3.05) is 42.9 Å². The molecule has 1 aromatic heterocycles. The molecule has 0 atom stereocenters. The number of carbonyl (C=O) groups is 1. The Morgan fingerprint density at radius 1 is 1.05 bits per heavy atom. The molecule has 0 fully saturated rings. The molecule has 0 spiro atoms. The molecule has 1 amide bonds. The molecule has 0 unspecified atom stereocenters. The highest BCUT2D eigenvalue weighted by molar-refractivity contribution is 7.92. The lowest BCUT2D eigenvalue weighted by molar-refractivity contribution is 0.0986. The van der Waals surface area contributed by atoms with Crippen molar-refractivity contribution in [1.29, 1.82) is 0 Å². The van der Waals surface area contributed by atoms with E-state index < -0.39 is 27.6 Å². The molecule has 0 saturated carbocycles. The molecule has 0 bridgehead atoms. The van der Waals surface area contributed by atoms with Crippen LogP contribution in [0, 0.1) is 11.6 Å². The molecule has 5 rings (SSSR count). The van der Waals surface area contributed by atoms with Gasteiger partial charge in [-0.05, 0) is 75.4 Å². The van der Waals surface area contributed by atoms with Gasteiger partial charge < -0.3 is 4.90 Å². The summed E-state index contributed by atoms with van der Waals surface area (Å²) in [6, 6.07) is 15.2. The Balaban J connectivity index is 0.00000353. The number of hydrogen-bond donors (Lipinski definition) is 0. The van der Waals surface area contributed by atoms with Gasteiger partial charge in [-0.2, -0.15) is 0 Å². The van der Waals surface area contributed by atoms with E-state index in [0.29, 0.717) is 42.9 Å². The standard InChI is InChI=1S/C27H26F2N4O3S2.ClH/c1-31(2)13-5-14-32(27-30-25-22(29)16-20(28)17-24(25)37-27)26(34)19-8-10-21(11-9-19)38(35,36)33-15-12-18-6-3-4-7-23(18)33;/h3-4,6-11,16-17H,5,12-15H2,1-2H3;1H. The molecule has 4 aromatic rings. The summed E-state index contributed by atoms with van der Waals surface area (Å²) in [6.45, 7) is 1.36. The van der Waals surface area contributed by atoms with Crippen molar-refractivity contribution < 1.29 is 22.0 Å². The van der Waals surface area contributed by atoms with Crippen molar-refractivity contribution in [1.82, 2.24) is 9.88 Å². The van der Waals surface area contributed by atoms with Gasteiger partial charge >= 0.3 is 0 Å². The zero-order valence-corrected chi connectivity index (χ0v) is 23.8. The normalized spacial score (nSPS) is 13.0. The maximum Gasteiger partial charge on any atom is 0.264 e. The number of thiazole rings is 1. The van der Waals surface area contributed by atoms with Crippen LogP contribution in [0.5, 0.6) is 0 Å². The summed E-state index contributed by atoms with van der Waals surface area (Å²) < 4.78 is 56.5. The second-order valence-corrected chi connectivity index (χ2v) is 12.2. The van der Waals surface area contributed by atoms with Crippen molar-refractivity contribution in [2.24, 2.45) is 0 Å². The maximum absolute atomic E-state index is 14.3. The molecule has 206 valence electrons. The molecule has 12 heteroatoms. The van der Waals surface area contributed by atoms with E-state index in [0.717, 1.165) is 23.0 Å².